The lowest BCUT2D eigenvalue weighted by Gasteiger charge is -2.10. The molecule has 2 aromatic heterocycles. The molecule has 0 unspecified atom stereocenters. The Balaban J connectivity index is 2.06. The molecule has 0 spiro atoms. The van der Waals surface area contributed by atoms with Gasteiger partial charge in [-0.2, -0.15) is 0 Å². The summed E-state index contributed by atoms with van der Waals surface area (Å²) in [6.45, 7) is 8.21. The van der Waals surface area contributed by atoms with Crippen molar-refractivity contribution in [3.05, 3.63) is 36.2 Å². The summed E-state index contributed by atoms with van der Waals surface area (Å²) in [4.78, 5) is 12.8. The maximum Gasteiger partial charge on any atom is 0.235 e. The third-order valence-corrected chi connectivity index (χ3v) is 2.67. The summed E-state index contributed by atoms with van der Waals surface area (Å²) < 4.78 is 1.80. The van der Waals surface area contributed by atoms with Crippen LogP contribution in [-0.2, 0) is 6.54 Å². The Morgan fingerprint density at radius 3 is 2.83 bits per heavy atom. The fourth-order valence-corrected chi connectivity index (χ4v) is 1.65. The molecular formula is C13H19N5. The van der Waals surface area contributed by atoms with Crippen LogP contribution in [0.5, 0.6) is 0 Å². The van der Waals surface area contributed by atoms with Gasteiger partial charge in [-0.05, 0) is 19.4 Å². The molecule has 2 rings (SSSR count). The minimum absolute atomic E-state index is 0.649. The van der Waals surface area contributed by atoms with Crippen LogP contribution in [0, 0.1) is 12.8 Å². The average Bonchev–Trinajstić information content (AvgIpc) is 2.84. The minimum Gasteiger partial charge on any atom is -0.312 e. The second-order valence-corrected chi connectivity index (χ2v) is 4.78. The van der Waals surface area contributed by atoms with Gasteiger partial charge in [0.2, 0.25) is 5.95 Å². The molecule has 0 saturated carbocycles. The number of nitrogens with zero attached hydrogens (tertiary/aromatic N) is 4. The van der Waals surface area contributed by atoms with E-state index in [0.717, 1.165) is 24.3 Å². The molecule has 2 aromatic rings. The van der Waals surface area contributed by atoms with Crippen LogP contribution in [0.15, 0.2) is 24.9 Å². The molecule has 0 radical (unpaired) electrons. The Hall–Kier alpha value is -1.75. The molecule has 0 bridgehead atoms. The highest BCUT2D eigenvalue weighted by molar-refractivity contribution is 5.21. The first-order valence-corrected chi connectivity index (χ1v) is 6.18. The second-order valence-electron chi connectivity index (χ2n) is 4.78. The fourth-order valence-electron chi connectivity index (χ4n) is 1.65. The van der Waals surface area contributed by atoms with Gasteiger partial charge in [0.05, 0.1) is 0 Å². The van der Waals surface area contributed by atoms with Crippen molar-refractivity contribution in [2.24, 2.45) is 5.92 Å². The van der Waals surface area contributed by atoms with Gasteiger partial charge < -0.3 is 5.32 Å². The fraction of sp³-hybridized carbons (Fsp3) is 0.462. The topological polar surface area (TPSA) is 55.6 Å². The Bertz CT molecular complexity index is 490. The van der Waals surface area contributed by atoms with Gasteiger partial charge in [-0.3, -0.25) is 4.57 Å². The van der Waals surface area contributed by atoms with E-state index in [-0.39, 0.29) is 0 Å². The summed E-state index contributed by atoms with van der Waals surface area (Å²) >= 11 is 0. The first kappa shape index (κ1) is 12.7. The Labute approximate surface area is 107 Å². The number of imidazole rings is 1. The van der Waals surface area contributed by atoms with E-state index in [2.05, 4.69) is 34.1 Å². The number of rotatable bonds is 5. The van der Waals surface area contributed by atoms with Crippen LogP contribution < -0.4 is 5.32 Å². The van der Waals surface area contributed by atoms with Gasteiger partial charge >= 0.3 is 0 Å². The summed E-state index contributed by atoms with van der Waals surface area (Å²) in [6.07, 6.45) is 7.14. The zero-order chi connectivity index (χ0) is 13.0. The molecule has 0 aliphatic heterocycles. The molecule has 2 heterocycles. The third-order valence-electron chi connectivity index (χ3n) is 2.67. The molecule has 18 heavy (non-hydrogen) atoms. The van der Waals surface area contributed by atoms with Crippen LogP contribution in [-0.4, -0.2) is 26.1 Å². The standard InChI is InChI=1S/C13H19N5/c1-10(2)6-15-7-12-8-16-13(17-11(12)3)18-5-4-14-9-18/h4-5,8-10,15H,6-7H2,1-3H3. The zero-order valence-electron chi connectivity index (χ0n) is 11.1. The summed E-state index contributed by atoms with van der Waals surface area (Å²) in [5.74, 6) is 1.31. The van der Waals surface area contributed by atoms with Crippen LogP contribution in [0.3, 0.4) is 0 Å². The van der Waals surface area contributed by atoms with E-state index in [1.807, 2.05) is 19.3 Å². The van der Waals surface area contributed by atoms with Crippen molar-refractivity contribution in [1.82, 2.24) is 24.8 Å². The predicted molar refractivity (Wildman–Crippen MR) is 70.4 cm³/mol. The number of aryl methyl sites for hydroxylation is 1. The van der Waals surface area contributed by atoms with Crippen molar-refractivity contribution in [2.45, 2.75) is 27.3 Å². The molecule has 0 amide bonds. The SMILES string of the molecule is Cc1nc(-n2ccnc2)ncc1CNCC(C)C. The third kappa shape index (κ3) is 3.13. The van der Waals surface area contributed by atoms with Gasteiger partial charge in [-0.25, -0.2) is 15.0 Å². The second kappa shape index (κ2) is 5.73. The Morgan fingerprint density at radius 2 is 2.22 bits per heavy atom. The number of hydrogen-bond donors (Lipinski definition) is 1. The van der Waals surface area contributed by atoms with E-state index in [0.29, 0.717) is 11.9 Å². The molecule has 0 fully saturated rings. The molecule has 0 saturated heterocycles. The highest BCUT2D eigenvalue weighted by Crippen LogP contribution is 2.07. The van der Waals surface area contributed by atoms with Crippen molar-refractivity contribution < 1.29 is 0 Å². The number of hydrogen-bond acceptors (Lipinski definition) is 4. The highest BCUT2D eigenvalue weighted by atomic mass is 15.2. The Kier molecular flexibility index (Phi) is 4.04. The number of aromatic nitrogens is 4. The van der Waals surface area contributed by atoms with Crippen molar-refractivity contribution in [3.8, 4) is 5.95 Å². The molecule has 5 heteroatoms. The predicted octanol–water partition coefficient (Wildman–Crippen LogP) is 1.72. The van der Waals surface area contributed by atoms with Crippen LogP contribution >= 0.6 is 0 Å². The van der Waals surface area contributed by atoms with Crippen LogP contribution in [0.1, 0.15) is 25.1 Å². The Morgan fingerprint density at radius 1 is 1.39 bits per heavy atom. The van der Waals surface area contributed by atoms with E-state index in [4.69, 9.17) is 0 Å². The lowest BCUT2D eigenvalue weighted by molar-refractivity contribution is 0.550. The summed E-state index contributed by atoms with van der Waals surface area (Å²) in [5.41, 5.74) is 2.14. The normalized spacial score (nSPS) is 11.1. The molecule has 0 aliphatic rings. The van der Waals surface area contributed by atoms with Crippen LogP contribution in [0.25, 0.3) is 5.95 Å². The molecule has 0 atom stereocenters. The van der Waals surface area contributed by atoms with E-state index in [9.17, 15) is 0 Å². The average molecular weight is 245 g/mol. The summed E-state index contributed by atoms with van der Waals surface area (Å²) in [7, 11) is 0. The van der Waals surface area contributed by atoms with Gasteiger partial charge in [0.1, 0.15) is 6.33 Å². The monoisotopic (exact) mass is 245 g/mol. The molecule has 1 N–H and O–H groups in total. The van der Waals surface area contributed by atoms with Crippen molar-refractivity contribution in [1.29, 1.82) is 0 Å². The smallest absolute Gasteiger partial charge is 0.235 e. The van der Waals surface area contributed by atoms with E-state index < -0.39 is 0 Å². The number of nitrogens with one attached hydrogen (secondary N) is 1. The van der Waals surface area contributed by atoms with Gasteiger partial charge in [-0.1, -0.05) is 13.8 Å². The van der Waals surface area contributed by atoms with E-state index >= 15 is 0 Å². The summed E-state index contributed by atoms with van der Waals surface area (Å²) in [6, 6.07) is 0. The highest BCUT2D eigenvalue weighted by Gasteiger charge is 2.04. The van der Waals surface area contributed by atoms with Gasteiger partial charge in [0.25, 0.3) is 0 Å². The van der Waals surface area contributed by atoms with Gasteiger partial charge in [0, 0.05) is 36.4 Å². The van der Waals surface area contributed by atoms with Crippen molar-refractivity contribution in [3.63, 3.8) is 0 Å². The molecule has 0 aliphatic carbocycles. The molecule has 96 valence electrons. The van der Waals surface area contributed by atoms with Crippen molar-refractivity contribution in [2.75, 3.05) is 6.54 Å². The van der Waals surface area contributed by atoms with Crippen molar-refractivity contribution >= 4 is 0 Å². The summed E-state index contributed by atoms with van der Waals surface area (Å²) in [5, 5.41) is 3.40. The largest absolute Gasteiger partial charge is 0.312 e. The first-order chi connectivity index (χ1) is 8.66. The molecular weight excluding hydrogens is 226 g/mol. The lowest BCUT2D eigenvalue weighted by atomic mass is 10.2. The van der Waals surface area contributed by atoms with E-state index in [1.54, 1.807) is 17.1 Å². The van der Waals surface area contributed by atoms with Crippen LogP contribution in [0.2, 0.25) is 0 Å². The van der Waals surface area contributed by atoms with E-state index in [1.165, 1.54) is 0 Å². The van der Waals surface area contributed by atoms with Crippen LogP contribution in [0.4, 0.5) is 0 Å². The zero-order valence-corrected chi connectivity index (χ0v) is 11.1. The quantitative estimate of drug-likeness (QED) is 0.871. The maximum absolute atomic E-state index is 4.49. The minimum atomic E-state index is 0.649. The first-order valence-electron chi connectivity index (χ1n) is 6.18. The maximum atomic E-state index is 4.49. The lowest BCUT2D eigenvalue weighted by Crippen LogP contribution is -2.20. The van der Waals surface area contributed by atoms with Gasteiger partial charge in [-0.15, -0.1) is 0 Å². The molecule has 0 aromatic carbocycles. The molecule has 5 nitrogen and oxygen atoms in total. The van der Waals surface area contributed by atoms with Gasteiger partial charge in [0.15, 0.2) is 0 Å².